The molecule has 1 aromatic carbocycles. The van der Waals surface area contributed by atoms with Gasteiger partial charge in [0.25, 0.3) is 0 Å². The predicted octanol–water partition coefficient (Wildman–Crippen LogP) is 2.96. The van der Waals surface area contributed by atoms with E-state index in [2.05, 4.69) is 59.8 Å². The number of nitrogens with zero attached hydrogens (tertiary/aromatic N) is 4. The summed E-state index contributed by atoms with van der Waals surface area (Å²) in [6, 6.07) is 6.93. The molecule has 0 spiro atoms. The van der Waals surface area contributed by atoms with Crippen molar-refractivity contribution in [2.45, 2.75) is 46.1 Å². The Hall–Kier alpha value is -1.91. The van der Waals surface area contributed by atoms with E-state index in [1.54, 1.807) is 11.0 Å². The van der Waals surface area contributed by atoms with Gasteiger partial charge in [-0.25, -0.2) is 4.68 Å². The minimum Gasteiger partial charge on any atom is -0.382 e. The smallest absolute Gasteiger partial charge is 0.143 e. The summed E-state index contributed by atoms with van der Waals surface area (Å²) in [6.45, 7) is 6.76. The summed E-state index contributed by atoms with van der Waals surface area (Å²) in [5, 5.41) is 15.0. The molecule has 5 nitrogen and oxygen atoms in total. The van der Waals surface area contributed by atoms with Gasteiger partial charge in [-0.05, 0) is 59.7 Å². The van der Waals surface area contributed by atoms with Crippen molar-refractivity contribution in [1.82, 2.24) is 20.2 Å². The molecular formula is C15H21N5. The van der Waals surface area contributed by atoms with Gasteiger partial charge in [0.15, 0.2) is 0 Å². The molecule has 5 heteroatoms. The molecule has 0 radical (unpaired) electrons. The highest BCUT2D eigenvalue weighted by Crippen LogP contribution is 2.38. The van der Waals surface area contributed by atoms with Crippen LogP contribution < -0.4 is 5.32 Å². The third kappa shape index (κ3) is 2.66. The van der Waals surface area contributed by atoms with Crippen molar-refractivity contribution in [3.8, 4) is 5.69 Å². The molecule has 3 rings (SSSR count). The van der Waals surface area contributed by atoms with Crippen LogP contribution in [0.2, 0.25) is 0 Å². The lowest BCUT2D eigenvalue weighted by Gasteiger charge is -2.19. The predicted molar refractivity (Wildman–Crippen MR) is 78.9 cm³/mol. The quantitative estimate of drug-likeness (QED) is 0.932. The Labute approximate surface area is 119 Å². The van der Waals surface area contributed by atoms with E-state index < -0.39 is 0 Å². The second kappa shape index (κ2) is 4.89. The molecule has 0 aliphatic heterocycles. The molecule has 2 aromatic rings. The van der Waals surface area contributed by atoms with Gasteiger partial charge in [0, 0.05) is 11.7 Å². The van der Waals surface area contributed by atoms with E-state index in [4.69, 9.17) is 0 Å². The number of hydrogen-bond acceptors (Lipinski definition) is 4. The number of tetrazole rings is 1. The fourth-order valence-corrected chi connectivity index (χ4v) is 3.01. The van der Waals surface area contributed by atoms with Crippen molar-refractivity contribution in [3.63, 3.8) is 0 Å². The Morgan fingerprint density at radius 3 is 2.85 bits per heavy atom. The van der Waals surface area contributed by atoms with Gasteiger partial charge in [0.2, 0.25) is 0 Å². The summed E-state index contributed by atoms with van der Waals surface area (Å²) >= 11 is 0. The van der Waals surface area contributed by atoms with Gasteiger partial charge in [-0.1, -0.05) is 19.9 Å². The molecule has 106 valence electrons. The highest BCUT2D eigenvalue weighted by molar-refractivity contribution is 5.55. The van der Waals surface area contributed by atoms with Crippen LogP contribution in [0.4, 0.5) is 5.69 Å². The van der Waals surface area contributed by atoms with Gasteiger partial charge < -0.3 is 5.32 Å². The van der Waals surface area contributed by atoms with Crippen LogP contribution in [0.5, 0.6) is 0 Å². The maximum atomic E-state index is 3.97. The van der Waals surface area contributed by atoms with Gasteiger partial charge in [-0.3, -0.25) is 0 Å². The molecule has 1 unspecified atom stereocenters. The molecule has 1 aromatic heterocycles. The van der Waals surface area contributed by atoms with Crippen LogP contribution in [-0.4, -0.2) is 26.2 Å². The fourth-order valence-electron chi connectivity index (χ4n) is 3.01. The van der Waals surface area contributed by atoms with E-state index in [9.17, 15) is 0 Å². The highest BCUT2D eigenvalue weighted by Gasteiger charge is 2.30. The average Bonchev–Trinajstić information content (AvgIpc) is 3.01. The summed E-state index contributed by atoms with van der Waals surface area (Å²) in [6.07, 6.45) is 5.38. The van der Waals surface area contributed by atoms with Crippen LogP contribution >= 0.6 is 0 Å². The van der Waals surface area contributed by atoms with Crippen molar-refractivity contribution >= 4 is 5.69 Å². The SMILES string of the molecule is Cc1ccc(NC2CCC(C)(C)C2)cc1-n1cnnn1. The molecule has 1 saturated carbocycles. The molecule has 0 bridgehead atoms. The maximum absolute atomic E-state index is 3.97. The lowest BCUT2D eigenvalue weighted by Crippen LogP contribution is -2.17. The lowest BCUT2D eigenvalue weighted by molar-refractivity contribution is 0.378. The monoisotopic (exact) mass is 271 g/mol. The molecule has 1 N–H and O–H groups in total. The Morgan fingerprint density at radius 2 is 2.20 bits per heavy atom. The second-order valence-corrected chi connectivity index (χ2v) is 6.50. The number of aromatic nitrogens is 4. The van der Waals surface area contributed by atoms with Gasteiger partial charge in [0.05, 0.1) is 5.69 Å². The Kier molecular flexibility index (Phi) is 3.20. The summed E-state index contributed by atoms with van der Waals surface area (Å²) in [5.74, 6) is 0. The van der Waals surface area contributed by atoms with E-state index in [0.29, 0.717) is 11.5 Å². The molecule has 0 saturated heterocycles. The van der Waals surface area contributed by atoms with E-state index in [1.165, 1.54) is 19.3 Å². The minimum atomic E-state index is 0.459. The van der Waals surface area contributed by atoms with Crippen LogP contribution in [0.25, 0.3) is 5.69 Å². The fraction of sp³-hybridized carbons (Fsp3) is 0.533. The molecule has 1 aliphatic carbocycles. The van der Waals surface area contributed by atoms with Gasteiger partial charge >= 0.3 is 0 Å². The Balaban J connectivity index is 1.80. The van der Waals surface area contributed by atoms with Crippen LogP contribution in [0.3, 0.4) is 0 Å². The van der Waals surface area contributed by atoms with Gasteiger partial charge in [-0.2, -0.15) is 0 Å². The zero-order valence-corrected chi connectivity index (χ0v) is 12.3. The number of nitrogens with one attached hydrogen (secondary N) is 1. The number of benzene rings is 1. The molecule has 1 atom stereocenters. The summed E-state index contributed by atoms with van der Waals surface area (Å²) < 4.78 is 1.71. The maximum Gasteiger partial charge on any atom is 0.143 e. The minimum absolute atomic E-state index is 0.459. The zero-order valence-electron chi connectivity index (χ0n) is 12.3. The largest absolute Gasteiger partial charge is 0.382 e. The molecule has 20 heavy (non-hydrogen) atoms. The van der Waals surface area contributed by atoms with Crippen LogP contribution in [0.1, 0.15) is 38.7 Å². The molecule has 1 aliphatic rings. The summed E-state index contributed by atoms with van der Waals surface area (Å²) in [5.41, 5.74) is 3.79. The van der Waals surface area contributed by atoms with Crippen molar-refractivity contribution in [2.24, 2.45) is 5.41 Å². The Morgan fingerprint density at radius 1 is 1.35 bits per heavy atom. The highest BCUT2D eigenvalue weighted by atomic mass is 15.5. The van der Waals surface area contributed by atoms with E-state index in [1.807, 2.05) is 0 Å². The van der Waals surface area contributed by atoms with E-state index >= 15 is 0 Å². The average molecular weight is 271 g/mol. The normalized spacial score (nSPS) is 21.1. The zero-order chi connectivity index (χ0) is 14.2. The first-order valence-corrected chi connectivity index (χ1v) is 7.14. The first-order valence-electron chi connectivity index (χ1n) is 7.14. The molecule has 1 fully saturated rings. The number of anilines is 1. The van der Waals surface area contributed by atoms with Crippen molar-refractivity contribution in [3.05, 3.63) is 30.1 Å². The third-order valence-electron chi connectivity index (χ3n) is 4.14. The first-order chi connectivity index (χ1) is 9.53. The Bertz CT molecular complexity index is 588. The summed E-state index contributed by atoms with van der Waals surface area (Å²) in [7, 11) is 0. The molecular weight excluding hydrogens is 250 g/mol. The van der Waals surface area contributed by atoms with E-state index in [-0.39, 0.29) is 0 Å². The van der Waals surface area contributed by atoms with Gasteiger partial charge in [0.1, 0.15) is 6.33 Å². The van der Waals surface area contributed by atoms with Crippen LogP contribution in [-0.2, 0) is 0 Å². The van der Waals surface area contributed by atoms with Crippen LogP contribution in [0, 0.1) is 12.3 Å². The van der Waals surface area contributed by atoms with Crippen LogP contribution in [0.15, 0.2) is 24.5 Å². The lowest BCUT2D eigenvalue weighted by atomic mass is 9.92. The molecule has 0 amide bonds. The third-order valence-corrected chi connectivity index (χ3v) is 4.14. The number of hydrogen-bond donors (Lipinski definition) is 1. The number of rotatable bonds is 3. The standard InChI is InChI=1S/C15H21N5/c1-11-4-5-12(8-14(11)20-10-16-18-19-20)17-13-6-7-15(2,3)9-13/h4-5,8,10,13,17H,6-7,9H2,1-3H3. The number of aryl methyl sites for hydroxylation is 1. The topological polar surface area (TPSA) is 55.6 Å². The summed E-state index contributed by atoms with van der Waals surface area (Å²) in [4.78, 5) is 0. The van der Waals surface area contributed by atoms with Crippen molar-refractivity contribution in [1.29, 1.82) is 0 Å². The first kappa shape index (κ1) is 13.1. The molecule has 1 heterocycles. The van der Waals surface area contributed by atoms with Crippen molar-refractivity contribution in [2.75, 3.05) is 5.32 Å². The van der Waals surface area contributed by atoms with Crippen molar-refractivity contribution < 1.29 is 0 Å². The van der Waals surface area contributed by atoms with E-state index in [0.717, 1.165) is 16.9 Å². The van der Waals surface area contributed by atoms with Gasteiger partial charge in [-0.15, -0.1) is 5.10 Å². The second-order valence-electron chi connectivity index (χ2n) is 6.50.